The average molecular weight is 155 g/mol. The maximum Gasteiger partial charge on any atom is 0.119 e. The van der Waals surface area contributed by atoms with E-state index in [1.807, 2.05) is 0 Å². The Labute approximate surface area is 72.6 Å². The molecule has 0 aliphatic carbocycles. The fraction of sp³-hybridized carbons (Fsp3) is 0.333. The third-order valence-corrected chi connectivity index (χ3v) is 0.975. The van der Waals surface area contributed by atoms with Crippen molar-refractivity contribution in [3.8, 4) is 5.75 Å². The molecule has 0 saturated heterocycles. The van der Waals surface area contributed by atoms with Gasteiger partial charge in [-0.2, -0.15) is 0 Å². The number of rotatable bonds is 2. The molecule has 0 atom stereocenters. The Balaban J connectivity index is 3.39. The highest BCUT2D eigenvalue weighted by Crippen LogP contribution is 2.14. The Hall–Kier alpha value is -1.18. The van der Waals surface area contributed by atoms with Crippen LogP contribution in [-0.2, 0) is 0 Å². The van der Waals surface area contributed by atoms with E-state index in [0.717, 1.165) is 0 Å². The molecule has 0 fully saturated rings. The van der Waals surface area contributed by atoms with Crippen LogP contribution >= 0.6 is 0 Å². The van der Waals surface area contributed by atoms with Crippen LogP contribution in [0.3, 0.4) is 0 Å². The maximum atomic E-state index is 7.57. The van der Waals surface area contributed by atoms with Crippen LogP contribution in [0.4, 0.5) is 5.69 Å². The number of nitrogen functional groups attached to an aromatic ring is 1. The van der Waals surface area contributed by atoms with Crippen molar-refractivity contribution < 1.29 is 10.2 Å². The summed E-state index contributed by atoms with van der Waals surface area (Å²) in [6.07, 6.45) is -0.208. The first-order valence-electron chi connectivity index (χ1n) is 5.38. The molecule has 0 radical (unpaired) electrons. The minimum absolute atomic E-state index is 0.0470. The van der Waals surface area contributed by atoms with Gasteiger partial charge in [-0.15, -0.1) is 0 Å². The van der Waals surface area contributed by atoms with E-state index < -0.39 is 0 Å². The molecule has 0 aliphatic heterocycles. The van der Waals surface area contributed by atoms with E-state index in [0.29, 0.717) is 0 Å². The summed E-state index contributed by atoms with van der Waals surface area (Å²) in [6.45, 7) is 3.50. The fourth-order valence-corrected chi connectivity index (χ4v) is 0.605. The molecule has 2 nitrogen and oxygen atoms in total. The monoisotopic (exact) mass is 155 g/mol. The summed E-state index contributed by atoms with van der Waals surface area (Å²) < 4.78 is 35.3. The Morgan fingerprint density at radius 3 is 2.36 bits per heavy atom. The highest BCUT2D eigenvalue weighted by atomic mass is 16.5. The van der Waals surface area contributed by atoms with Crippen molar-refractivity contribution in [3.05, 3.63) is 24.2 Å². The van der Waals surface area contributed by atoms with Gasteiger partial charge in [-0.3, -0.25) is 0 Å². The number of anilines is 1. The second kappa shape index (κ2) is 3.28. The van der Waals surface area contributed by atoms with Crippen molar-refractivity contribution in [2.75, 3.05) is 5.73 Å². The van der Waals surface area contributed by atoms with Gasteiger partial charge in [0.05, 0.1) is 11.6 Å². The Kier molecular flexibility index (Phi) is 1.19. The Morgan fingerprint density at radius 2 is 1.91 bits per heavy atom. The van der Waals surface area contributed by atoms with E-state index in [-0.39, 0.29) is 41.7 Å². The molecule has 0 heterocycles. The van der Waals surface area contributed by atoms with Gasteiger partial charge in [0, 0.05) is 5.69 Å². The molecule has 0 aromatic heterocycles. The summed E-state index contributed by atoms with van der Waals surface area (Å²) in [7, 11) is 0. The summed E-state index contributed by atoms with van der Waals surface area (Å²) in [6, 6.07) is -0.984. The van der Waals surface area contributed by atoms with E-state index in [4.69, 9.17) is 16.0 Å². The number of hydrogen-bond donors (Lipinski definition) is 1. The van der Waals surface area contributed by atoms with E-state index >= 15 is 0 Å². The third kappa shape index (κ3) is 2.50. The predicted molar refractivity (Wildman–Crippen MR) is 46.6 cm³/mol. The molecule has 1 aromatic carbocycles. The Bertz CT molecular complexity index is 363. The first-order chi connectivity index (χ1) is 6.86. The topological polar surface area (TPSA) is 35.2 Å². The van der Waals surface area contributed by atoms with Gasteiger partial charge in [0.25, 0.3) is 0 Å². The second-order valence-corrected chi connectivity index (χ2v) is 2.41. The molecule has 2 N–H and O–H groups in total. The molecule has 1 rings (SSSR count). The van der Waals surface area contributed by atoms with E-state index in [1.165, 1.54) is 0 Å². The van der Waals surface area contributed by atoms with Crippen molar-refractivity contribution in [2.45, 2.75) is 20.0 Å². The molecule has 0 bridgehead atoms. The van der Waals surface area contributed by atoms with E-state index in [2.05, 4.69) is 0 Å². The fourth-order valence-electron chi connectivity index (χ4n) is 0.605. The standard InChI is InChI=1S/C9H13NO/c1-7(2)11-9-5-3-8(10)4-6-9/h3-7H,10H2,1-2H3/i3D,4D,5D,6D. The third-order valence-electron chi connectivity index (χ3n) is 0.975. The zero-order valence-corrected chi connectivity index (χ0v) is 6.56. The van der Waals surface area contributed by atoms with Crippen LogP contribution in [0.1, 0.15) is 19.3 Å². The molecular formula is C9H13NO. The van der Waals surface area contributed by atoms with Crippen LogP contribution in [0.2, 0.25) is 0 Å². The van der Waals surface area contributed by atoms with Crippen LogP contribution in [0.25, 0.3) is 0 Å². The summed E-state index contributed by atoms with van der Waals surface area (Å²) >= 11 is 0. The second-order valence-electron chi connectivity index (χ2n) is 2.41. The van der Waals surface area contributed by atoms with Gasteiger partial charge in [0.2, 0.25) is 0 Å². The Morgan fingerprint density at radius 1 is 1.36 bits per heavy atom. The first kappa shape index (κ1) is 4.00. The lowest BCUT2D eigenvalue weighted by Gasteiger charge is -2.08. The minimum atomic E-state index is -0.258. The zero-order chi connectivity index (χ0) is 11.7. The number of benzene rings is 1. The summed E-state index contributed by atoms with van der Waals surface area (Å²) in [4.78, 5) is 0. The molecule has 0 amide bonds. The number of nitrogens with two attached hydrogens (primary N) is 1. The normalized spacial score (nSPS) is 15.2. The molecule has 0 saturated carbocycles. The van der Waals surface area contributed by atoms with Gasteiger partial charge < -0.3 is 10.5 Å². The lowest BCUT2D eigenvalue weighted by Crippen LogP contribution is -2.05. The predicted octanol–water partition coefficient (Wildman–Crippen LogP) is 2.06. The smallest absolute Gasteiger partial charge is 0.119 e. The van der Waals surface area contributed by atoms with Gasteiger partial charge in [-0.25, -0.2) is 0 Å². The highest BCUT2D eigenvalue weighted by Gasteiger charge is 1.94. The molecule has 2 heteroatoms. The molecule has 60 valence electrons. The van der Waals surface area contributed by atoms with E-state index in [1.54, 1.807) is 13.8 Å². The molecular weight excluding hydrogens is 138 g/mol. The van der Waals surface area contributed by atoms with E-state index in [9.17, 15) is 0 Å². The van der Waals surface area contributed by atoms with Gasteiger partial charge >= 0.3 is 0 Å². The van der Waals surface area contributed by atoms with Crippen LogP contribution in [-0.4, -0.2) is 6.10 Å². The number of ether oxygens (including phenoxy) is 1. The molecule has 0 spiro atoms. The molecule has 1 aromatic rings. The van der Waals surface area contributed by atoms with Crippen molar-refractivity contribution in [3.63, 3.8) is 0 Å². The van der Waals surface area contributed by atoms with Crippen LogP contribution in [0.15, 0.2) is 24.2 Å². The number of hydrogen-bond acceptors (Lipinski definition) is 2. The van der Waals surface area contributed by atoms with Crippen molar-refractivity contribution in [1.29, 1.82) is 0 Å². The van der Waals surface area contributed by atoms with Gasteiger partial charge in [0.15, 0.2) is 0 Å². The maximum absolute atomic E-state index is 7.57. The quantitative estimate of drug-likeness (QED) is 0.663. The van der Waals surface area contributed by atoms with Crippen molar-refractivity contribution in [2.24, 2.45) is 0 Å². The first-order valence-corrected chi connectivity index (χ1v) is 3.38. The van der Waals surface area contributed by atoms with Crippen LogP contribution in [0, 0.1) is 0 Å². The van der Waals surface area contributed by atoms with Crippen molar-refractivity contribution >= 4 is 5.69 Å². The average Bonchev–Trinajstić information content (AvgIpc) is 2.18. The van der Waals surface area contributed by atoms with Crippen molar-refractivity contribution in [1.82, 2.24) is 0 Å². The van der Waals surface area contributed by atoms with Crippen LogP contribution in [0.5, 0.6) is 5.75 Å². The summed E-state index contributed by atoms with van der Waals surface area (Å²) in [5.74, 6) is -0.0470. The summed E-state index contributed by atoms with van der Waals surface area (Å²) in [5.41, 5.74) is 5.26. The minimum Gasteiger partial charge on any atom is -0.491 e. The molecule has 0 aliphatic rings. The van der Waals surface area contributed by atoms with Crippen LogP contribution < -0.4 is 10.5 Å². The SMILES string of the molecule is [2H]c1c([2H])c(OC(C)C)c([2H])c([2H])c1N. The van der Waals surface area contributed by atoms with Gasteiger partial charge in [0.1, 0.15) is 5.75 Å². The summed E-state index contributed by atoms with van der Waals surface area (Å²) in [5, 5.41) is 0. The molecule has 11 heavy (non-hydrogen) atoms. The lowest BCUT2D eigenvalue weighted by atomic mass is 10.3. The van der Waals surface area contributed by atoms with Gasteiger partial charge in [-0.05, 0) is 38.0 Å². The largest absolute Gasteiger partial charge is 0.491 e. The molecule has 0 unspecified atom stereocenters. The highest BCUT2D eigenvalue weighted by molar-refractivity contribution is 5.41. The lowest BCUT2D eigenvalue weighted by molar-refractivity contribution is 0.242. The zero-order valence-electron chi connectivity index (χ0n) is 10.6. The van der Waals surface area contributed by atoms with Gasteiger partial charge in [-0.1, -0.05) is 0 Å².